The highest BCUT2D eigenvalue weighted by Gasteiger charge is 2.22. The van der Waals surface area contributed by atoms with Crippen LogP contribution in [0.4, 0.5) is 5.69 Å². The van der Waals surface area contributed by atoms with E-state index in [1.54, 1.807) is 19.2 Å². The number of likely N-dealkylation sites (N-methyl/N-ethyl adjacent to an activating group) is 1. The van der Waals surface area contributed by atoms with Crippen LogP contribution in [0.2, 0.25) is 0 Å². The number of benzene rings is 2. The van der Waals surface area contributed by atoms with Crippen molar-refractivity contribution in [3.05, 3.63) is 53.6 Å². The highest BCUT2D eigenvalue weighted by atomic mass is 35.5. The number of rotatable bonds is 11. The molecule has 0 aromatic heterocycles. The molecule has 10 heteroatoms. The van der Waals surface area contributed by atoms with Crippen molar-refractivity contribution in [3.8, 4) is 17.6 Å². The maximum absolute atomic E-state index is 11.7. The van der Waals surface area contributed by atoms with Crippen LogP contribution in [-0.2, 0) is 16.4 Å². The average molecular weight is 499 g/mol. The van der Waals surface area contributed by atoms with Gasteiger partial charge in [-0.05, 0) is 35.9 Å². The second-order valence-corrected chi connectivity index (χ2v) is 10.4. The summed E-state index contributed by atoms with van der Waals surface area (Å²) in [6, 6.07) is 14.5. The molecule has 2 rings (SSSR count). The van der Waals surface area contributed by atoms with Crippen molar-refractivity contribution in [2.45, 2.75) is 12.5 Å². The quantitative estimate of drug-likeness (QED) is 0.478. The third kappa shape index (κ3) is 8.74. The van der Waals surface area contributed by atoms with E-state index in [-0.39, 0.29) is 24.6 Å². The van der Waals surface area contributed by atoms with Gasteiger partial charge in [0.1, 0.15) is 36.8 Å². The van der Waals surface area contributed by atoms with Crippen LogP contribution in [-0.4, -0.2) is 78.3 Å². The maximum Gasteiger partial charge on any atom is 0.231 e. The van der Waals surface area contributed by atoms with Gasteiger partial charge in [-0.2, -0.15) is 5.26 Å². The van der Waals surface area contributed by atoms with E-state index in [2.05, 4.69) is 0 Å². The molecule has 0 amide bonds. The van der Waals surface area contributed by atoms with Crippen LogP contribution in [0.25, 0.3) is 0 Å². The van der Waals surface area contributed by atoms with Gasteiger partial charge in [-0.1, -0.05) is 12.1 Å². The van der Waals surface area contributed by atoms with Crippen molar-refractivity contribution in [1.29, 1.82) is 5.26 Å². The van der Waals surface area contributed by atoms with Crippen molar-refractivity contribution in [1.82, 2.24) is 0 Å². The summed E-state index contributed by atoms with van der Waals surface area (Å²) in [7, 11) is 3.71. The lowest BCUT2D eigenvalue weighted by atomic mass is 10.1. The van der Waals surface area contributed by atoms with Crippen LogP contribution in [0.5, 0.6) is 11.5 Å². The predicted octanol–water partition coefficient (Wildman–Crippen LogP) is 2.44. The van der Waals surface area contributed by atoms with Gasteiger partial charge in [0.05, 0.1) is 45.3 Å². The summed E-state index contributed by atoms with van der Waals surface area (Å²) in [5.41, 5.74) is 1.77. The molecule has 0 bridgehead atoms. The van der Waals surface area contributed by atoms with Gasteiger partial charge in [0.2, 0.25) is 10.0 Å². The summed E-state index contributed by atoms with van der Waals surface area (Å²) in [5, 5.41) is 19.9. The number of sulfonamides is 1. The van der Waals surface area contributed by atoms with Gasteiger partial charge in [-0.25, -0.2) is 8.42 Å². The molecular weight excluding hydrogens is 466 g/mol. The van der Waals surface area contributed by atoms with Gasteiger partial charge in [0.15, 0.2) is 0 Å². The molecule has 0 saturated carbocycles. The summed E-state index contributed by atoms with van der Waals surface area (Å²) in [6.07, 6.45) is 1.22. The van der Waals surface area contributed by atoms with Gasteiger partial charge >= 0.3 is 0 Å². The summed E-state index contributed by atoms with van der Waals surface area (Å²) >= 11 is 0. The van der Waals surface area contributed by atoms with Crippen LogP contribution >= 0.6 is 12.4 Å². The molecule has 0 aliphatic rings. The molecule has 8 nitrogen and oxygen atoms in total. The minimum absolute atomic E-state index is 0. The summed E-state index contributed by atoms with van der Waals surface area (Å²) in [6.45, 7) is 1.34. The summed E-state index contributed by atoms with van der Waals surface area (Å²) < 4.78 is 36.0. The van der Waals surface area contributed by atoms with Crippen molar-refractivity contribution < 1.29 is 27.5 Å². The van der Waals surface area contributed by atoms with Crippen molar-refractivity contribution >= 4 is 28.1 Å². The molecule has 0 saturated heterocycles. The number of hydrogen-bond acceptors (Lipinski definition) is 6. The Bertz CT molecular complexity index is 1050. The maximum atomic E-state index is 11.7. The molecule has 0 heterocycles. The van der Waals surface area contributed by atoms with Crippen molar-refractivity contribution in [2.75, 3.05) is 58.5 Å². The smallest absolute Gasteiger partial charge is 0.231 e. The lowest BCUT2D eigenvalue weighted by Gasteiger charge is -2.32. The number of hydrogen-bond donors (Lipinski definition) is 1. The van der Waals surface area contributed by atoms with Gasteiger partial charge in [0, 0.05) is 13.5 Å². The monoisotopic (exact) mass is 498 g/mol. The van der Waals surface area contributed by atoms with Gasteiger partial charge in [0.25, 0.3) is 0 Å². The van der Waals surface area contributed by atoms with E-state index in [1.165, 1.54) is 18.7 Å². The molecule has 1 atom stereocenters. The van der Waals surface area contributed by atoms with Gasteiger partial charge < -0.3 is 19.1 Å². The lowest BCUT2D eigenvalue weighted by Crippen LogP contribution is -2.48. The molecule has 33 heavy (non-hydrogen) atoms. The standard InChI is InChI=1S/C23H32N3O5S.ClH/c1-25(32(5,28)29)20-8-11-23(19(14-20)15-24)31-17-21(27)16-26(2,3)13-12-18-6-9-22(30-4)10-7-18;/h6-11,14,21,27H,12-13,16-17H2,1-5H3;1H/q+1;. The van der Waals surface area contributed by atoms with E-state index in [0.29, 0.717) is 22.5 Å². The van der Waals surface area contributed by atoms with E-state index in [0.717, 1.165) is 29.3 Å². The Morgan fingerprint density at radius 1 is 1.18 bits per heavy atom. The Labute approximate surface area is 203 Å². The van der Waals surface area contributed by atoms with Crippen molar-refractivity contribution in [2.24, 2.45) is 0 Å². The van der Waals surface area contributed by atoms with E-state index in [1.807, 2.05) is 44.4 Å². The highest BCUT2D eigenvalue weighted by molar-refractivity contribution is 7.92. The Morgan fingerprint density at radius 2 is 1.82 bits per heavy atom. The number of ether oxygens (including phenoxy) is 2. The second-order valence-electron chi connectivity index (χ2n) is 8.43. The van der Waals surface area contributed by atoms with Crippen LogP contribution in [0.15, 0.2) is 42.5 Å². The summed E-state index contributed by atoms with van der Waals surface area (Å²) in [4.78, 5) is 0. The van der Waals surface area contributed by atoms with Crippen LogP contribution in [0, 0.1) is 11.3 Å². The normalized spacial score (nSPS) is 12.3. The number of nitriles is 1. The zero-order chi connectivity index (χ0) is 23.9. The molecule has 2 aromatic rings. The summed E-state index contributed by atoms with van der Waals surface area (Å²) in [5.74, 6) is 1.13. The predicted molar refractivity (Wildman–Crippen MR) is 132 cm³/mol. The Hall–Kier alpha value is -2.51. The number of aliphatic hydroxyl groups excluding tert-OH is 1. The van der Waals surface area contributed by atoms with E-state index < -0.39 is 16.1 Å². The molecule has 182 valence electrons. The number of nitrogens with zero attached hydrogens (tertiary/aromatic N) is 3. The Balaban J connectivity index is 0.00000544. The molecule has 0 aliphatic carbocycles. The molecule has 1 unspecified atom stereocenters. The van der Waals surface area contributed by atoms with Gasteiger partial charge in [-0.15, -0.1) is 12.4 Å². The molecule has 0 spiro atoms. The fourth-order valence-electron chi connectivity index (χ4n) is 3.24. The number of quaternary nitrogens is 1. The average Bonchev–Trinajstić information content (AvgIpc) is 2.75. The number of halogens is 1. The number of methoxy groups -OCH3 is 1. The number of aliphatic hydroxyl groups is 1. The first-order valence-corrected chi connectivity index (χ1v) is 12.0. The largest absolute Gasteiger partial charge is 0.497 e. The van der Waals surface area contributed by atoms with Crippen molar-refractivity contribution in [3.63, 3.8) is 0 Å². The highest BCUT2D eigenvalue weighted by Crippen LogP contribution is 2.25. The van der Waals surface area contributed by atoms with E-state index in [4.69, 9.17) is 9.47 Å². The molecule has 0 aliphatic heterocycles. The minimum Gasteiger partial charge on any atom is -0.497 e. The van der Waals surface area contributed by atoms with E-state index in [9.17, 15) is 18.8 Å². The first-order chi connectivity index (χ1) is 14.9. The fourth-order valence-corrected chi connectivity index (χ4v) is 3.74. The molecule has 2 aromatic carbocycles. The third-order valence-electron chi connectivity index (χ3n) is 5.25. The van der Waals surface area contributed by atoms with E-state index >= 15 is 0 Å². The van der Waals surface area contributed by atoms with Crippen LogP contribution in [0.1, 0.15) is 11.1 Å². The third-order valence-corrected chi connectivity index (χ3v) is 6.45. The zero-order valence-corrected chi connectivity index (χ0v) is 21.3. The SMILES string of the molecule is COc1ccc(CC[N+](C)(C)CC(O)COc2ccc(N(C)S(C)(=O)=O)cc2C#N)cc1.Cl. The van der Waals surface area contributed by atoms with Crippen LogP contribution in [0.3, 0.4) is 0 Å². The first-order valence-electron chi connectivity index (χ1n) is 10.2. The lowest BCUT2D eigenvalue weighted by molar-refractivity contribution is -0.893. The fraction of sp³-hybridized carbons (Fsp3) is 0.435. The Morgan fingerprint density at radius 3 is 2.36 bits per heavy atom. The zero-order valence-electron chi connectivity index (χ0n) is 19.7. The molecular formula is C23H33ClN3O5S+. The van der Waals surface area contributed by atoms with Gasteiger partial charge in [-0.3, -0.25) is 4.31 Å². The molecule has 0 radical (unpaired) electrons. The topological polar surface area (TPSA) is 99.9 Å². The first kappa shape index (κ1) is 28.5. The number of anilines is 1. The second kappa shape index (κ2) is 12.1. The minimum atomic E-state index is -3.43. The molecule has 0 fully saturated rings. The Kier molecular flexibility index (Phi) is 10.5. The van der Waals surface area contributed by atoms with Crippen LogP contribution < -0.4 is 13.8 Å². The molecule has 1 N–H and O–H groups in total.